The number of piperidine rings is 2. The molecule has 0 aromatic carbocycles. The molecule has 0 radical (unpaired) electrons. The summed E-state index contributed by atoms with van der Waals surface area (Å²) in [4.78, 5) is 17.2. The lowest BCUT2D eigenvalue weighted by Gasteiger charge is -2.39. The van der Waals surface area contributed by atoms with Gasteiger partial charge in [-0.3, -0.25) is 4.79 Å². The molecule has 3 saturated heterocycles. The molecule has 2 unspecified atom stereocenters. The number of hydrogen-bond donors (Lipinski definition) is 1. The zero-order valence-electron chi connectivity index (χ0n) is 14.7. The largest absolute Gasteiger partial charge is 0.366 e. The van der Waals surface area contributed by atoms with Crippen molar-refractivity contribution in [3.8, 4) is 0 Å². The summed E-state index contributed by atoms with van der Waals surface area (Å²) in [5.74, 6) is 1.73. The number of rotatable bonds is 3. The molecule has 1 amide bonds. The Morgan fingerprint density at radius 2 is 1.92 bits per heavy atom. The molecule has 142 valence electrons. The second-order valence-electron chi connectivity index (χ2n) is 7.34. The molecular formula is C17H33Cl2N3O2. The average molecular weight is 382 g/mol. The van der Waals surface area contributed by atoms with Gasteiger partial charge in [0.25, 0.3) is 5.91 Å². The summed E-state index contributed by atoms with van der Waals surface area (Å²) in [5, 5.41) is 3.26. The van der Waals surface area contributed by atoms with Crippen molar-refractivity contribution in [1.29, 1.82) is 0 Å². The number of nitrogens with one attached hydrogen (secondary N) is 1. The number of nitrogens with zero attached hydrogens (tertiary/aromatic N) is 2. The van der Waals surface area contributed by atoms with Gasteiger partial charge in [0.05, 0.1) is 6.61 Å². The molecule has 1 N–H and O–H groups in total. The molecule has 24 heavy (non-hydrogen) atoms. The Morgan fingerprint density at radius 1 is 1.17 bits per heavy atom. The molecule has 2 atom stereocenters. The second kappa shape index (κ2) is 10.8. The lowest BCUT2D eigenvalue weighted by Crippen LogP contribution is -2.52. The average Bonchev–Trinajstić information content (AvgIpc) is 2.57. The highest BCUT2D eigenvalue weighted by atomic mass is 35.5. The van der Waals surface area contributed by atoms with E-state index in [1.165, 1.54) is 38.9 Å². The van der Waals surface area contributed by atoms with Crippen LogP contribution in [0.25, 0.3) is 0 Å². The minimum atomic E-state index is -0.261. The molecule has 7 heteroatoms. The van der Waals surface area contributed by atoms with E-state index >= 15 is 0 Å². The highest BCUT2D eigenvalue weighted by molar-refractivity contribution is 5.85. The molecule has 0 aromatic rings. The Kier molecular flexibility index (Phi) is 9.90. The van der Waals surface area contributed by atoms with Gasteiger partial charge in [0.15, 0.2) is 0 Å². The van der Waals surface area contributed by atoms with E-state index in [9.17, 15) is 4.79 Å². The van der Waals surface area contributed by atoms with Crippen LogP contribution in [0.4, 0.5) is 0 Å². The summed E-state index contributed by atoms with van der Waals surface area (Å²) < 4.78 is 5.63. The Labute approximate surface area is 158 Å². The fraction of sp³-hybridized carbons (Fsp3) is 0.941. The van der Waals surface area contributed by atoms with E-state index in [2.05, 4.69) is 22.0 Å². The standard InChI is InChI=1S/C17H31N3O2.2ClH/c1-14-4-8-19(9-5-14)12-15-3-2-7-20(13-15)17(21)16-11-18-6-10-22-16;;/h14-16,18H,2-13H2,1H3;2*1H. The Bertz CT molecular complexity index is 373. The summed E-state index contributed by atoms with van der Waals surface area (Å²) in [7, 11) is 0. The SMILES string of the molecule is CC1CCN(CC2CCCN(C(=O)C3CNCCO3)C2)CC1.Cl.Cl. The zero-order chi connectivity index (χ0) is 15.4. The van der Waals surface area contributed by atoms with E-state index < -0.39 is 0 Å². The van der Waals surface area contributed by atoms with Gasteiger partial charge in [-0.1, -0.05) is 6.92 Å². The first-order chi connectivity index (χ1) is 10.7. The van der Waals surface area contributed by atoms with Crippen LogP contribution in [0.3, 0.4) is 0 Å². The van der Waals surface area contributed by atoms with Crippen molar-refractivity contribution >= 4 is 30.7 Å². The van der Waals surface area contributed by atoms with Gasteiger partial charge in [0, 0.05) is 32.7 Å². The van der Waals surface area contributed by atoms with E-state index in [1.807, 2.05) is 0 Å². The van der Waals surface area contributed by atoms with Gasteiger partial charge in [0.2, 0.25) is 0 Å². The van der Waals surface area contributed by atoms with E-state index in [-0.39, 0.29) is 36.8 Å². The summed E-state index contributed by atoms with van der Waals surface area (Å²) in [6.07, 6.45) is 4.80. The van der Waals surface area contributed by atoms with Crippen LogP contribution < -0.4 is 5.32 Å². The lowest BCUT2D eigenvalue weighted by atomic mass is 9.94. The topological polar surface area (TPSA) is 44.8 Å². The van der Waals surface area contributed by atoms with Crippen molar-refractivity contribution < 1.29 is 9.53 Å². The summed E-state index contributed by atoms with van der Waals surface area (Å²) in [6.45, 7) is 10.0. The smallest absolute Gasteiger partial charge is 0.253 e. The summed E-state index contributed by atoms with van der Waals surface area (Å²) in [6, 6.07) is 0. The highest BCUT2D eigenvalue weighted by Crippen LogP contribution is 2.22. The summed E-state index contributed by atoms with van der Waals surface area (Å²) >= 11 is 0. The fourth-order valence-corrected chi connectivity index (χ4v) is 3.95. The Hall–Kier alpha value is -0.0700. The first-order valence-electron chi connectivity index (χ1n) is 9.06. The maximum absolute atomic E-state index is 12.6. The van der Waals surface area contributed by atoms with Crippen molar-refractivity contribution in [2.75, 3.05) is 52.4 Å². The zero-order valence-corrected chi connectivity index (χ0v) is 16.4. The van der Waals surface area contributed by atoms with Gasteiger partial charge in [-0.25, -0.2) is 0 Å². The number of carbonyl (C=O) groups excluding carboxylic acids is 1. The molecule has 5 nitrogen and oxygen atoms in total. The van der Waals surface area contributed by atoms with Crippen LogP contribution in [0.2, 0.25) is 0 Å². The monoisotopic (exact) mass is 381 g/mol. The third kappa shape index (κ3) is 6.03. The molecule has 3 aliphatic rings. The molecule has 3 rings (SSSR count). The molecule has 0 spiro atoms. The number of amides is 1. The van der Waals surface area contributed by atoms with E-state index in [4.69, 9.17) is 4.74 Å². The third-order valence-electron chi connectivity index (χ3n) is 5.43. The minimum absolute atomic E-state index is 0. The molecule has 3 heterocycles. The van der Waals surface area contributed by atoms with Crippen molar-refractivity contribution in [2.45, 2.75) is 38.7 Å². The predicted octanol–water partition coefficient (Wildman–Crippen LogP) is 1.79. The van der Waals surface area contributed by atoms with Crippen LogP contribution in [-0.2, 0) is 9.53 Å². The van der Waals surface area contributed by atoms with Gasteiger partial charge in [-0.15, -0.1) is 24.8 Å². The maximum atomic E-state index is 12.6. The number of halogens is 2. The normalized spacial score (nSPS) is 29.5. The first-order valence-corrected chi connectivity index (χ1v) is 9.06. The Balaban J connectivity index is 0.00000144. The number of hydrogen-bond acceptors (Lipinski definition) is 4. The Morgan fingerprint density at radius 3 is 2.58 bits per heavy atom. The van der Waals surface area contributed by atoms with Crippen molar-refractivity contribution in [1.82, 2.24) is 15.1 Å². The lowest BCUT2D eigenvalue weighted by molar-refractivity contribution is -0.147. The molecule has 3 fully saturated rings. The van der Waals surface area contributed by atoms with Gasteiger partial charge in [-0.2, -0.15) is 0 Å². The van der Waals surface area contributed by atoms with E-state index in [1.54, 1.807) is 0 Å². The predicted molar refractivity (Wildman–Crippen MR) is 101 cm³/mol. The fourth-order valence-electron chi connectivity index (χ4n) is 3.95. The van der Waals surface area contributed by atoms with Crippen molar-refractivity contribution in [3.63, 3.8) is 0 Å². The molecular weight excluding hydrogens is 349 g/mol. The van der Waals surface area contributed by atoms with Crippen LogP contribution in [0, 0.1) is 11.8 Å². The van der Waals surface area contributed by atoms with Gasteiger partial charge in [0.1, 0.15) is 6.10 Å². The van der Waals surface area contributed by atoms with E-state index in [0.29, 0.717) is 19.1 Å². The minimum Gasteiger partial charge on any atom is -0.366 e. The molecule has 0 bridgehead atoms. The number of morpholine rings is 1. The highest BCUT2D eigenvalue weighted by Gasteiger charge is 2.31. The van der Waals surface area contributed by atoms with Crippen LogP contribution >= 0.6 is 24.8 Å². The van der Waals surface area contributed by atoms with Gasteiger partial charge >= 0.3 is 0 Å². The van der Waals surface area contributed by atoms with Crippen LogP contribution in [0.15, 0.2) is 0 Å². The molecule has 0 aromatic heterocycles. The third-order valence-corrected chi connectivity index (χ3v) is 5.43. The summed E-state index contributed by atoms with van der Waals surface area (Å²) in [5.41, 5.74) is 0. The van der Waals surface area contributed by atoms with Crippen molar-refractivity contribution in [2.24, 2.45) is 11.8 Å². The van der Waals surface area contributed by atoms with Crippen LogP contribution in [-0.4, -0.2) is 74.2 Å². The molecule has 0 aliphatic carbocycles. The quantitative estimate of drug-likeness (QED) is 0.809. The van der Waals surface area contributed by atoms with Gasteiger partial charge < -0.3 is 19.9 Å². The van der Waals surface area contributed by atoms with E-state index in [0.717, 1.165) is 32.0 Å². The van der Waals surface area contributed by atoms with Gasteiger partial charge in [-0.05, 0) is 50.6 Å². The maximum Gasteiger partial charge on any atom is 0.253 e. The van der Waals surface area contributed by atoms with Crippen molar-refractivity contribution in [3.05, 3.63) is 0 Å². The number of likely N-dealkylation sites (tertiary alicyclic amines) is 2. The van der Waals surface area contributed by atoms with Crippen LogP contribution in [0.5, 0.6) is 0 Å². The van der Waals surface area contributed by atoms with Crippen LogP contribution in [0.1, 0.15) is 32.6 Å². The molecule has 0 saturated carbocycles. The number of ether oxygens (including phenoxy) is 1. The first kappa shape index (κ1) is 22.0. The number of carbonyl (C=O) groups is 1. The second-order valence-corrected chi connectivity index (χ2v) is 7.34. The molecule has 3 aliphatic heterocycles.